The number of fused-ring (bicyclic) bond motifs is 5. The Morgan fingerprint density at radius 3 is 2.43 bits per heavy atom. The molecule has 1 N–H and O–H groups in total. The Balaban J connectivity index is 1.53. The zero-order valence-electron chi connectivity index (χ0n) is 15.5. The monoisotopic (exact) mass is 440 g/mol. The molecule has 3 aliphatic rings. The number of carbonyl (C=O) groups is 1. The second-order valence-electron chi connectivity index (χ2n) is 7.69. The van der Waals surface area contributed by atoms with Crippen LogP contribution in [0.5, 0.6) is 11.5 Å². The second kappa shape index (κ2) is 6.75. The fourth-order valence-corrected chi connectivity index (χ4v) is 5.15. The van der Waals surface area contributed by atoms with Gasteiger partial charge in [-0.2, -0.15) is 0 Å². The van der Waals surface area contributed by atoms with Gasteiger partial charge >= 0.3 is 0 Å². The first kappa shape index (κ1) is 18.0. The molecule has 2 aromatic carbocycles. The Labute approximate surface area is 172 Å². The van der Waals surface area contributed by atoms with Crippen molar-refractivity contribution in [1.29, 1.82) is 0 Å². The van der Waals surface area contributed by atoms with Crippen LogP contribution >= 0.6 is 15.9 Å². The van der Waals surface area contributed by atoms with Gasteiger partial charge < -0.3 is 14.6 Å². The van der Waals surface area contributed by atoms with E-state index in [0.717, 1.165) is 40.6 Å². The zero-order valence-corrected chi connectivity index (χ0v) is 17.1. The summed E-state index contributed by atoms with van der Waals surface area (Å²) in [6, 6.07) is 13.4. The minimum atomic E-state index is -0.227. The van der Waals surface area contributed by atoms with Gasteiger partial charge in [0.05, 0.1) is 29.6 Å². The van der Waals surface area contributed by atoms with Crippen molar-refractivity contribution in [2.75, 3.05) is 0 Å². The van der Waals surface area contributed by atoms with Gasteiger partial charge in [0.25, 0.3) is 0 Å². The highest BCUT2D eigenvalue weighted by molar-refractivity contribution is 9.10. The topological polar surface area (TPSA) is 55.8 Å². The molecular weight excluding hydrogens is 420 g/mol. The zero-order chi connectivity index (χ0) is 19.4. The fraction of sp³-hybridized carbons (Fsp3) is 0.348. The summed E-state index contributed by atoms with van der Waals surface area (Å²) in [5.41, 5.74) is 2.29. The number of aliphatic hydroxyl groups is 1. The Bertz CT molecular complexity index is 979. The SMILES string of the molecule is CCc1ccc(Oc2ccc(Br)cc2)cc1C1=C(O)[C@H]2[C@@H](C1=O)[C@H]1CC[C@@H]2O1. The van der Waals surface area contributed by atoms with Crippen molar-refractivity contribution in [1.82, 2.24) is 0 Å². The molecule has 2 bridgehead atoms. The van der Waals surface area contributed by atoms with E-state index in [2.05, 4.69) is 22.9 Å². The first-order chi connectivity index (χ1) is 13.6. The lowest BCUT2D eigenvalue weighted by Crippen LogP contribution is -2.29. The molecule has 0 unspecified atom stereocenters. The molecule has 1 aliphatic carbocycles. The lowest BCUT2D eigenvalue weighted by molar-refractivity contribution is -0.118. The van der Waals surface area contributed by atoms with Crippen LogP contribution in [-0.4, -0.2) is 23.1 Å². The van der Waals surface area contributed by atoms with Crippen LogP contribution < -0.4 is 4.74 Å². The molecule has 2 aromatic rings. The van der Waals surface area contributed by atoms with Crippen LogP contribution in [0.4, 0.5) is 0 Å². The predicted octanol–water partition coefficient (Wildman–Crippen LogP) is 5.45. The summed E-state index contributed by atoms with van der Waals surface area (Å²) in [4.78, 5) is 13.2. The number of allylic oxidation sites excluding steroid dienone is 1. The van der Waals surface area contributed by atoms with Crippen molar-refractivity contribution < 1.29 is 19.4 Å². The van der Waals surface area contributed by atoms with Crippen LogP contribution in [0, 0.1) is 11.8 Å². The van der Waals surface area contributed by atoms with Gasteiger partial charge in [0, 0.05) is 4.47 Å². The molecule has 5 rings (SSSR count). The number of hydrogen-bond donors (Lipinski definition) is 1. The molecular formula is C23H21BrO4. The number of ether oxygens (including phenoxy) is 2. The number of aliphatic hydroxyl groups excluding tert-OH is 1. The van der Waals surface area contributed by atoms with Gasteiger partial charge in [-0.1, -0.05) is 28.9 Å². The van der Waals surface area contributed by atoms with Crippen molar-refractivity contribution in [3.63, 3.8) is 0 Å². The average molecular weight is 441 g/mol. The van der Waals surface area contributed by atoms with Gasteiger partial charge in [-0.3, -0.25) is 4.79 Å². The van der Waals surface area contributed by atoms with Crippen molar-refractivity contribution in [3.8, 4) is 11.5 Å². The molecule has 2 aliphatic heterocycles. The smallest absolute Gasteiger partial charge is 0.173 e. The number of rotatable bonds is 4. The summed E-state index contributed by atoms with van der Waals surface area (Å²) in [6.07, 6.45) is 2.53. The van der Waals surface area contributed by atoms with E-state index in [0.29, 0.717) is 11.3 Å². The number of Topliss-reactive ketones (excluding diaryl/α,β-unsaturated/α-hetero) is 1. The number of carbonyl (C=O) groups excluding carboxylic acids is 1. The molecule has 28 heavy (non-hydrogen) atoms. The van der Waals surface area contributed by atoms with Gasteiger partial charge in [-0.15, -0.1) is 0 Å². The molecule has 0 spiro atoms. The van der Waals surface area contributed by atoms with E-state index in [1.54, 1.807) is 0 Å². The first-order valence-electron chi connectivity index (χ1n) is 9.76. The van der Waals surface area contributed by atoms with Crippen molar-refractivity contribution in [2.45, 2.75) is 38.4 Å². The summed E-state index contributed by atoms with van der Waals surface area (Å²) in [6.45, 7) is 2.05. The molecule has 0 radical (unpaired) electrons. The highest BCUT2D eigenvalue weighted by Gasteiger charge is 2.59. The van der Waals surface area contributed by atoms with E-state index >= 15 is 0 Å². The average Bonchev–Trinajstić information content (AvgIpc) is 3.37. The van der Waals surface area contributed by atoms with E-state index < -0.39 is 0 Å². The second-order valence-corrected chi connectivity index (χ2v) is 8.61. The number of benzene rings is 2. The number of ketones is 1. The Morgan fingerprint density at radius 2 is 1.75 bits per heavy atom. The maximum Gasteiger partial charge on any atom is 0.173 e. The summed E-state index contributed by atoms with van der Waals surface area (Å²) < 4.78 is 12.9. The third-order valence-corrected chi connectivity index (χ3v) is 6.70. The van der Waals surface area contributed by atoms with Crippen molar-refractivity contribution in [2.24, 2.45) is 11.8 Å². The molecule has 0 aromatic heterocycles. The highest BCUT2D eigenvalue weighted by Crippen LogP contribution is 2.54. The lowest BCUT2D eigenvalue weighted by atomic mass is 9.80. The van der Waals surface area contributed by atoms with E-state index in [-0.39, 0.29) is 35.6 Å². The molecule has 2 fully saturated rings. The Morgan fingerprint density at radius 1 is 1.07 bits per heavy atom. The van der Waals surface area contributed by atoms with Crippen LogP contribution in [0.25, 0.3) is 5.57 Å². The Kier molecular flexibility index (Phi) is 4.33. The summed E-state index contributed by atoms with van der Waals surface area (Å²) >= 11 is 3.42. The Hall–Kier alpha value is -2.11. The van der Waals surface area contributed by atoms with E-state index in [1.807, 2.05) is 42.5 Å². The van der Waals surface area contributed by atoms with Gasteiger partial charge in [0.1, 0.15) is 17.3 Å². The van der Waals surface area contributed by atoms with E-state index in [1.165, 1.54) is 0 Å². The lowest BCUT2D eigenvalue weighted by Gasteiger charge is -2.19. The molecule has 2 heterocycles. The van der Waals surface area contributed by atoms with Crippen LogP contribution in [0.2, 0.25) is 0 Å². The molecule has 4 atom stereocenters. The van der Waals surface area contributed by atoms with Gasteiger partial charge in [0.2, 0.25) is 0 Å². The van der Waals surface area contributed by atoms with Gasteiger partial charge in [-0.25, -0.2) is 0 Å². The van der Waals surface area contributed by atoms with Gasteiger partial charge in [-0.05, 0) is 66.8 Å². The van der Waals surface area contributed by atoms with Crippen LogP contribution in [0.15, 0.2) is 52.7 Å². The minimum absolute atomic E-state index is 0.0187. The van der Waals surface area contributed by atoms with Crippen molar-refractivity contribution >= 4 is 27.3 Å². The molecule has 2 saturated heterocycles. The molecule has 0 saturated carbocycles. The third-order valence-electron chi connectivity index (χ3n) is 6.18. The fourth-order valence-electron chi connectivity index (χ4n) is 4.89. The quantitative estimate of drug-likeness (QED) is 0.686. The largest absolute Gasteiger partial charge is 0.511 e. The van der Waals surface area contributed by atoms with E-state index in [4.69, 9.17) is 9.47 Å². The highest BCUT2D eigenvalue weighted by atomic mass is 79.9. The maximum absolute atomic E-state index is 13.2. The summed E-state index contributed by atoms with van der Waals surface area (Å²) in [7, 11) is 0. The predicted molar refractivity (Wildman–Crippen MR) is 109 cm³/mol. The minimum Gasteiger partial charge on any atom is -0.511 e. The summed E-state index contributed by atoms with van der Waals surface area (Å²) in [5, 5.41) is 11.0. The first-order valence-corrected chi connectivity index (χ1v) is 10.6. The molecule has 0 amide bonds. The maximum atomic E-state index is 13.2. The number of hydrogen-bond acceptors (Lipinski definition) is 4. The van der Waals surface area contributed by atoms with E-state index in [9.17, 15) is 9.90 Å². The number of aryl methyl sites for hydroxylation is 1. The molecule has 5 heteroatoms. The van der Waals surface area contributed by atoms with Crippen LogP contribution in [0.3, 0.4) is 0 Å². The summed E-state index contributed by atoms with van der Waals surface area (Å²) in [5.74, 6) is 1.19. The third kappa shape index (κ3) is 2.72. The number of halogens is 1. The van der Waals surface area contributed by atoms with Crippen LogP contribution in [0.1, 0.15) is 30.9 Å². The van der Waals surface area contributed by atoms with Crippen molar-refractivity contribution in [3.05, 3.63) is 63.8 Å². The van der Waals surface area contributed by atoms with Gasteiger partial charge in [0.15, 0.2) is 5.78 Å². The molecule has 4 nitrogen and oxygen atoms in total. The molecule has 144 valence electrons. The normalized spacial score (nSPS) is 28.1. The standard InChI is InChI=1S/C23H21BrO4/c1-2-12-3-6-15(27-14-7-4-13(24)5-8-14)11-16(12)19-22(25)20-17-9-10-18(28-17)21(20)23(19)26/h3-8,11,17-18,20-21,25H,2,9-10H2,1H3/t17-,18+,20+,21-/m0/s1. The van der Waals surface area contributed by atoms with Crippen LogP contribution in [-0.2, 0) is 16.0 Å².